The maximum absolute atomic E-state index is 5.47. The largest absolute Gasteiger partial charge is 0.315 e. The minimum Gasteiger partial charge on any atom is -0.315 e. The van der Waals surface area contributed by atoms with Crippen LogP contribution in [0.1, 0.15) is 0 Å². The number of rotatable bonds is 0. The van der Waals surface area contributed by atoms with Crippen LogP contribution in [-0.2, 0) is 0 Å². The molecule has 8 heavy (non-hydrogen) atoms. The molecule has 1 aliphatic rings. The third kappa shape index (κ3) is 1.41. The highest BCUT2D eigenvalue weighted by molar-refractivity contribution is 4.74. The Morgan fingerprint density at radius 3 is 1.88 bits per heavy atom. The van der Waals surface area contributed by atoms with Crippen LogP contribution in [0, 0.1) is 0 Å². The van der Waals surface area contributed by atoms with Gasteiger partial charge in [0.2, 0.25) is 0 Å². The average Bonchev–Trinajstić information content (AvgIpc) is 1.64. The molecule has 0 spiro atoms. The minimum atomic E-state index is 0.0266. The second-order valence-electron chi connectivity index (χ2n) is 2.04. The summed E-state index contributed by atoms with van der Waals surface area (Å²) in [6.07, 6.45) is 0.0532. The first-order valence-corrected chi connectivity index (χ1v) is 2.77. The van der Waals surface area contributed by atoms with Crippen LogP contribution >= 0.6 is 0 Å². The quantitative estimate of drug-likeness (QED) is 0.288. The standard InChI is InChI=1S/C4H12N4/c5-3-1-7-2-4(6)8-3/h3-4,7-8H,1-2,5-6H2. The van der Waals surface area contributed by atoms with Gasteiger partial charge < -0.3 is 16.8 Å². The van der Waals surface area contributed by atoms with E-state index in [1.54, 1.807) is 0 Å². The van der Waals surface area contributed by atoms with E-state index in [0.29, 0.717) is 0 Å². The highest BCUT2D eigenvalue weighted by Gasteiger charge is 2.11. The molecule has 0 amide bonds. The summed E-state index contributed by atoms with van der Waals surface area (Å²) < 4.78 is 0. The van der Waals surface area contributed by atoms with Crippen LogP contribution in [0.4, 0.5) is 0 Å². The molecule has 48 valence electrons. The Bertz CT molecular complexity index is 66.4. The minimum absolute atomic E-state index is 0.0266. The molecular formula is C4H12N4. The van der Waals surface area contributed by atoms with Crippen molar-refractivity contribution in [2.45, 2.75) is 12.3 Å². The topological polar surface area (TPSA) is 76.1 Å². The normalized spacial score (nSPS) is 39.8. The molecule has 0 bridgehead atoms. The predicted octanol–water partition coefficient (Wildman–Crippen LogP) is -2.25. The van der Waals surface area contributed by atoms with Crippen LogP contribution in [0.3, 0.4) is 0 Å². The first-order valence-electron chi connectivity index (χ1n) is 2.77. The fraction of sp³-hybridized carbons (Fsp3) is 1.00. The molecule has 0 aromatic heterocycles. The number of nitrogens with two attached hydrogens (primary N) is 2. The lowest BCUT2D eigenvalue weighted by Crippen LogP contribution is -2.61. The van der Waals surface area contributed by atoms with Crippen LogP contribution in [0.25, 0.3) is 0 Å². The van der Waals surface area contributed by atoms with E-state index in [2.05, 4.69) is 10.6 Å². The van der Waals surface area contributed by atoms with E-state index in [1.165, 1.54) is 0 Å². The van der Waals surface area contributed by atoms with Gasteiger partial charge in [0.15, 0.2) is 0 Å². The van der Waals surface area contributed by atoms with Crippen LogP contribution < -0.4 is 22.1 Å². The molecule has 0 saturated carbocycles. The molecule has 1 heterocycles. The SMILES string of the molecule is NC1CNCC(N)N1. The highest BCUT2D eigenvalue weighted by Crippen LogP contribution is 1.79. The first kappa shape index (κ1) is 5.97. The van der Waals surface area contributed by atoms with Gasteiger partial charge in [-0.2, -0.15) is 0 Å². The van der Waals surface area contributed by atoms with Gasteiger partial charge in [0.1, 0.15) is 0 Å². The third-order valence-corrected chi connectivity index (χ3v) is 1.16. The van der Waals surface area contributed by atoms with E-state index in [-0.39, 0.29) is 12.3 Å². The van der Waals surface area contributed by atoms with Crippen molar-refractivity contribution in [3.63, 3.8) is 0 Å². The summed E-state index contributed by atoms with van der Waals surface area (Å²) in [5, 5.41) is 6.04. The fourth-order valence-corrected chi connectivity index (χ4v) is 0.787. The van der Waals surface area contributed by atoms with Crippen molar-refractivity contribution in [1.29, 1.82) is 0 Å². The van der Waals surface area contributed by atoms with Crippen LogP contribution in [0.5, 0.6) is 0 Å². The van der Waals surface area contributed by atoms with Gasteiger partial charge in [0.25, 0.3) is 0 Å². The van der Waals surface area contributed by atoms with Gasteiger partial charge in [-0.25, -0.2) is 0 Å². The Balaban J connectivity index is 2.23. The molecule has 2 unspecified atom stereocenters. The molecule has 1 rings (SSSR count). The van der Waals surface area contributed by atoms with Crippen LogP contribution in [0.2, 0.25) is 0 Å². The Hall–Kier alpha value is -0.160. The van der Waals surface area contributed by atoms with Gasteiger partial charge in [-0.3, -0.25) is 5.32 Å². The van der Waals surface area contributed by atoms with Crippen molar-refractivity contribution in [2.24, 2.45) is 11.5 Å². The monoisotopic (exact) mass is 116 g/mol. The average molecular weight is 116 g/mol. The van der Waals surface area contributed by atoms with Crippen molar-refractivity contribution in [2.75, 3.05) is 13.1 Å². The van der Waals surface area contributed by atoms with E-state index < -0.39 is 0 Å². The van der Waals surface area contributed by atoms with Gasteiger partial charge in [0, 0.05) is 13.1 Å². The van der Waals surface area contributed by atoms with Gasteiger partial charge in [-0.05, 0) is 0 Å². The molecule has 1 fully saturated rings. The van der Waals surface area contributed by atoms with Gasteiger partial charge >= 0.3 is 0 Å². The Labute approximate surface area is 48.6 Å². The maximum Gasteiger partial charge on any atom is 0.0687 e. The summed E-state index contributed by atoms with van der Waals surface area (Å²) in [5.74, 6) is 0. The van der Waals surface area contributed by atoms with Crippen molar-refractivity contribution in [3.8, 4) is 0 Å². The van der Waals surface area contributed by atoms with E-state index in [0.717, 1.165) is 13.1 Å². The zero-order valence-electron chi connectivity index (χ0n) is 4.72. The predicted molar refractivity (Wildman–Crippen MR) is 32.0 cm³/mol. The Morgan fingerprint density at radius 2 is 1.62 bits per heavy atom. The summed E-state index contributed by atoms with van der Waals surface area (Å²) in [6, 6.07) is 0. The van der Waals surface area contributed by atoms with Gasteiger partial charge in [0.05, 0.1) is 12.3 Å². The molecule has 1 saturated heterocycles. The van der Waals surface area contributed by atoms with Crippen molar-refractivity contribution >= 4 is 0 Å². The van der Waals surface area contributed by atoms with Crippen LogP contribution in [0.15, 0.2) is 0 Å². The summed E-state index contributed by atoms with van der Waals surface area (Å²) in [5.41, 5.74) is 10.9. The molecule has 0 aromatic rings. The zero-order chi connectivity index (χ0) is 5.98. The van der Waals surface area contributed by atoms with E-state index in [9.17, 15) is 0 Å². The zero-order valence-corrected chi connectivity index (χ0v) is 4.72. The lowest BCUT2D eigenvalue weighted by molar-refractivity contribution is 0.350. The maximum atomic E-state index is 5.47. The molecule has 6 N–H and O–H groups in total. The molecule has 1 aliphatic heterocycles. The molecule has 0 aromatic carbocycles. The summed E-state index contributed by atoms with van der Waals surface area (Å²) in [4.78, 5) is 0. The molecule has 2 atom stereocenters. The lowest BCUT2D eigenvalue weighted by Gasteiger charge is -2.26. The smallest absolute Gasteiger partial charge is 0.0687 e. The summed E-state index contributed by atoms with van der Waals surface area (Å²) in [6.45, 7) is 1.63. The van der Waals surface area contributed by atoms with E-state index in [1.807, 2.05) is 0 Å². The summed E-state index contributed by atoms with van der Waals surface area (Å²) in [7, 11) is 0. The molecule has 4 heteroatoms. The molecule has 4 nitrogen and oxygen atoms in total. The summed E-state index contributed by atoms with van der Waals surface area (Å²) >= 11 is 0. The highest BCUT2D eigenvalue weighted by atomic mass is 15.2. The van der Waals surface area contributed by atoms with Gasteiger partial charge in [-0.15, -0.1) is 0 Å². The number of nitrogens with one attached hydrogen (secondary N) is 2. The van der Waals surface area contributed by atoms with Gasteiger partial charge in [-0.1, -0.05) is 0 Å². The first-order chi connectivity index (χ1) is 3.79. The number of hydrogen-bond donors (Lipinski definition) is 4. The molecule has 0 radical (unpaired) electrons. The van der Waals surface area contributed by atoms with E-state index >= 15 is 0 Å². The Morgan fingerprint density at radius 1 is 1.12 bits per heavy atom. The Kier molecular flexibility index (Phi) is 1.80. The van der Waals surface area contributed by atoms with Crippen LogP contribution in [-0.4, -0.2) is 25.4 Å². The lowest BCUT2D eigenvalue weighted by atomic mass is 10.3. The third-order valence-electron chi connectivity index (χ3n) is 1.16. The van der Waals surface area contributed by atoms with Crippen molar-refractivity contribution < 1.29 is 0 Å². The molecular weight excluding hydrogens is 104 g/mol. The number of hydrogen-bond acceptors (Lipinski definition) is 4. The fourth-order valence-electron chi connectivity index (χ4n) is 0.787. The van der Waals surface area contributed by atoms with Crippen molar-refractivity contribution in [3.05, 3.63) is 0 Å². The second-order valence-corrected chi connectivity index (χ2v) is 2.04. The van der Waals surface area contributed by atoms with Crippen molar-refractivity contribution in [1.82, 2.24) is 10.6 Å². The molecule has 0 aliphatic carbocycles. The van der Waals surface area contributed by atoms with E-state index in [4.69, 9.17) is 11.5 Å². The number of piperazine rings is 1. The second kappa shape index (κ2) is 2.41.